The highest BCUT2D eigenvalue weighted by atomic mass is 16.5. The standard InChI is InChI=1S/C15H17N3O3/c16-9-11-3-5-12(6-4-11)18-15(20)8-14(19)17-10-13-2-1-7-21-13/h3-6,13H,1-2,7-8,10H2,(H,17,19)(H,18,20). The van der Waals surface area contributed by atoms with Gasteiger partial charge in [0, 0.05) is 18.8 Å². The van der Waals surface area contributed by atoms with Crippen LogP contribution in [0.2, 0.25) is 0 Å². The van der Waals surface area contributed by atoms with E-state index in [1.54, 1.807) is 24.3 Å². The Labute approximate surface area is 123 Å². The van der Waals surface area contributed by atoms with Gasteiger partial charge < -0.3 is 15.4 Å². The maximum atomic E-state index is 11.7. The third-order valence-corrected chi connectivity index (χ3v) is 3.17. The molecule has 2 rings (SSSR count). The second kappa shape index (κ2) is 7.41. The molecule has 1 aromatic rings. The van der Waals surface area contributed by atoms with Gasteiger partial charge in [0.25, 0.3) is 0 Å². The van der Waals surface area contributed by atoms with Gasteiger partial charge in [-0.2, -0.15) is 5.26 Å². The number of hydrogen-bond donors (Lipinski definition) is 2. The molecule has 1 aliphatic rings. The second-order valence-corrected chi connectivity index (χ2v) is 4.85. The summed E-state index contributed by atoms with van der Waals surface area (Å²) >= 11 is 0. The molecule has 1 aromatic carbocycles. The third-order valence-electron chi connectivity index (χ3n) is 3.17. The minimum absolute atomic E-state index is 0.0653. The van der Waals surface area contributed by atoms with Crippen LogP contribution in [0.15, 0.2) is 24.3 Å². The molecular formula is C15H17N3O3. The van der Waals surface area contributed by atoms with Gasteiger partial charge in [-0.05, 0) is 37.1 Å². The summed E-state index contributed by atoms with van der Waals surface area (Å²) in [6, 6.07) is 8.45. The van der Waals surface area contributed by atoms with Crippen LogP contribution in [-0.4, -0.2) is 31.1 Å². The lowest BCUT2D eigenvalue weighted by molar-refractivity contribution is -0.127. The van der Waals surface area contributed by atoms with E-state index in [0.717, 1.165) is 19.4 Å². The first kappa shape index (κ1) is 15.0. The Morgan fingerprint density at radius 2 is 2.05 bits per heavy atom. The smallest absolute Gasteiger partial charge is 0.233 e. The van der Waals surface area contributed by atoms with Gasteiger partial charge in [-0.3, -0.25) is 9.59 Å². The molecule has 0 aromatic heterocycles. The fourth-order valence-corrected chi connectivity index (χ4v) is 2.07. The van der Waals surface area contributed by atoms with Crippen molar-refractivity contribution in [3.8, 4) is 6.07 Å². The minimum Gasteiger partial charge on any atom is -0.376 e. The highest BCUT2D eigenvalue weighted by Gasteiger charge is 2.17. The topological polar surface area (TPSA) is 91.2 Å². The van der Waals surface area contributed by atoms with Crippen molar-refractivity contribution in [2.45, 2.75) is 25.4 Å². The first-order valence-electron chi connectivity index (χ1n) is 6.85. The van der Waals surface area contributed by atoms with E-state index in [1.807, 2.05) is 6.07 Å². The van der Waals surface area contributed by atoms with Crippen LogP contribution in [0.5, 0.6) is 0 Å². The number of rotatable bonds is 5. The van der Waals surface area contributed by atoms with E-state index in [9.17, 15) is 9.59 Å². The van der Waals surface area contributed by atoms with Crippen LogP contribution in [0.1, 0.15) is 24.8 Å². The molecule has 1 atom stereocenters. The lowest BCUT2D eigenvalue weighted by atomic mass is 10.2. The van der Waals surface area contributed by atoms with Crippen molar-refractivity contribution in [2.24, 2.45) is 0 Å². The molecule has 6 nitrogen and oxygen atoms in total. The Morgan fingerprint density at radius 3 is 2.67 bits per heavy atom. The van der Waals surface area contributed by atoms with Crippen LogP contribution in [-0.2, 0) is 14.3 Å². The van der Waals surface area contributed by atoms with E-state index < -0.39 is 0 Å². The van der Waals surface area contributed by atoms with Gasteiger partial charge in [0.1, 0.15) is 6.42 Å². The number of nitrogens with one attached hydrogen (secondary N) is 2. The van der Waals surface area contributed by atoms with Crippen molar-refractivity contribution in [3.05, 3.63) is 29.8 Å². The molecule has 1 aliphatic heterocycles. The summed E-state index contributed by atoms with van der Waals surface area (Å²) in [4.78, 5) is 23.3. The fraction of sp³-hybridized carbons (Fsp3) is 0.400. The predicted molar refractivity (Wildman–Crippen MR) is 76.4 cm³/mol. The monoisotopic (exact) mass is 287 g/mol. The summed E-state index contributed by atoms with van der Waals surface area (Å²) in [7, 11) is 0. The van der Waals surface area contributed by atoms with Crippen LogP contribution in [0, 0.1) is 11.3 Å². The summed E-state index contributed by atoms with van der Waals surface area (Å²) in [5, 5.41) is 14.0. The van der Waals surface area contributed by atoms with Crippen molar-refractivity contribution < 1.29 is 14.3 Å². The van der Waals surface area contributed by atoms with E-state index in [-0.39, 0.29) is 24.3 Å². The predicted octanol–water partition coefficient (Wildman–Crippen LogP) is 1.18. The summed E-state index contributed by atoms with van der Waals surface area (Å²) in [5.41, 5.74) is 1.08. The van der Waals surface area contributed by atoms with E-state index in [0.29, 0.717) is 17.8 Å². The zero-order chi connectivity index (χ0) is 15.1. The number of benzene rings is 1. The molecule has 6 heteroatoms. The van der Waals surface area contributed by atoms with Crippen LogP contribution >= 0.6 is 0 Å². The molecule has 1 heterocycles. The highest BCUT2D eigenvalue weighted by molar-refractivity contribution is 6.03. The fourth-order valence-electron chi connectivity index (χ4n) is 2.07. The van der Waals surface area contributed by atoms with Crippen LogP contribution in [0.4, 0.5) is 5.69 Å². The number of carbonyl (C=O) groups is 2. The van der Waals surface area contributed by atoms with Gasteiger partial charge in [-0.15, -0.1) is 0 Å². The van der Waals surface area contributed by atoms with E-state index in [2.05, 4.69) is 10.6 Å². The molecule has 2 N–H and O–H groups in total. The normalized spacial score (nSPS) is 17.0. The third kappa shape index (κ3) is 4.89. The number of anilines is 1. The first-order chi connectivity index (χ1) is 10.2. The number of amides is 2. The van der Waals surface area contributed by atoms with Gasteiger partial charge in [0.15, 0.2) is 0 Å². The van der Waals surface area contributed by atoms with Crippen LogP contribution < -0.4 is 10.6 Å². The lowest BCUT2D eigenvalue weighted by Gasteiger charge is -2.10. The number of nitrogens with zero attached hydrogens (tertiary/aromatic N) is 1. The van der Waals surface area contributed by atoms with Gasteiger partial charge >= 0.3 is 0 Å². The zero-order valence-corrected chi connectivity index (χ0v) is 11.6. The van der Waals surface area contributed by atoms with Crippen molar-refractivity contribution in [1.82, 2.24) is 5.32 Å². The summed E-state index contributed by atoms with van der Waals surface area (Å²) in [6.45, 7) is 1.18. The second-order valence-electron chi connectivity index (χ2n) is 4.85. The van der Waals surface area contributed by atoms with Crippen molar-refractivity contribution in [2.75, 3.05) is 18.5 Å². The Bertz CT molecular complexity index is 542. The molecule has 0 bridgehead atoms. The van der Waals surface area contributed by atoms with Gasteiger partial charge in [0.05, 0.1) is 17.7 Å². The molecule has 110 valence electrons. The summed E-state index contributed by atoms with van der Waals surface area (Å²) < 4.78 is 5.38. The molecular weight excluding hydrogens is 270 g/mol. The zero-order valence-electron chi connectivity index (χ0n) is 11.6. The SMILES string of the molecule is N#Cc1ccc(NC(=O)CC(=O)NCC2CCCO2)cc1. The van der Waals surface area contributed by atoms with Gasteiger partial charge in [-0.1, -0.05) is 0 Å². The minimum atomic E-state index is -0.385. The Hall–Kier alpha value is -2.39. The number of nitriles is 1. The van der Waals surface area contributed by atoms with Crippen molar-refractivity contribution in [3.63, 3.8) is 0 Å². The van der Waals surface area contributed by atoms with Crippen LogP contribution in [0.25, 0.3) is 0 Å². The Kier molecular flexibility index (Phi) is 5.29. The Balaban J connectivity index is 1.72. The number of carbonyl (C=O) groups excluding carboxylic acids is 2. The number of hydrogen-bond acceptors (Lipinski definition) is 4. The van der Waals surface area contributed by atoms with E-state index in [4.69, 9.17) is 10.00 Å². The van der Waals surface area contributed by atoms with Gasteiger partial charge in [0.2, 0.25) is 11.8 Å². The maximum Gasteiger partial charge on any atom is 0.233 e. The lowest BCUT2D eigenvalue weighted by Crippen LogP contribution is -2.34. The molecule has 0 spiro atoms. The number of ether oxygens (including phenoxy) is 1. The molecule has 1 fully saturated rings. The first-order valence-corrected chi connectivity index (χ1v) is 6.85. The molecule has 1 unspecified atom stereocenters. The van der Waals surface area contributed by atoms with Crippen molar-refractivity contribution in [1.29, 1.82) is 5.26 Å². The quantitative estimate of drug-likeness (QED) is 0.796. The molecule has 0 radical (unpaired) electrons. The molecule has 0 saturated carbocycles. The molecule has 2 amide bonds. The molecule has 1 saturated heterocycles. The summed E-state index contributed by atoms with van der Waals surface area (Å²) in [6.07, 6.45) is 1.79. The van der Waals surface area contributed by atoms with E-state index >= 15 is 0 Å². The Morgan fingerprint density at radius 1 is 1.29 bits per heavy atom. The maximum absolute atomic E-state index is 11.7. The summed E-state index contributed by atoms with van der Waals surface area (Å²) in [5.74, 6) is -0.707. The van der Waals surface area contributed by atoms with E-state index in [1.165, 1.54) is 0 Å². The molecule has 0 aliphatic carbocycles. The average molecular weight is 287 g/mol. The molecule has 21 heavy (non-hydrogen) atoms. The van der Waals surface area contributed by atoms with Gasteiger partial charge in [-0.25, -0.2) is 0 Å². The largest absolute Gasteiger partial charge is 0.376 e. The van der Waals surface area contributed by atoms with Crippen molar-refractivity contribution >= 4 is 17.5 Å². The van der Waals surface area contributed by atoms with Crippen LogP contribution in [0.3, 0.4) is 0 Å². The highest BCUT2D eigenvalue weighted by Crippen LogP contribution is 2.11. The average Bonchev–Trinajstić information content (AvgIpc) is 2.99.